The van der Waals surface area contributed by atoms with E-state index in [2.05, 4.69) is 10.6 Å². The molecule has 1 aromatic rings. The van der Waals surface area contributed by atoms with Crippen molar-refractivity contribution in [3.63, 3.8) is 0 Å². The fourth-order valence-electron chi connectivity index (χ4n) is 1.35. The van der Waals surface area contributed by atoms with Crippen LogP contribution in [0.3, 0.4) is 0 Å². The number of rotatable bonds is 5. The molecule has 0 fully saturated rings. The number of nitrogens with one attached hydrogen (secondary N) is 2. The first-order valence-electron chi connectivity index (χ1n) is 5.29. The van der Waals surface area contributed by atoms with E-state index < -0.39 is 6.10 Å². The first-order chi connectivity index (χ1) is 7.67. The van der Waals surface area contributed by atoms with Crippen molar-refractivity contribution in [2.75, 3.05) is 14.1 Å². The molecule has 1 aromatic carbocycles. The maximum atomic E-state index is 11.2. The SMILES string of the molecule is CNCc1ccc(OC(C)C(=O)NC)cc1. The minimum absolute atomic E-state index is 0.126. The van der Waals surface area contributed by atoms with Gasteiger partial charge in [0.15, 0.2) is 6.10 Å². The van der Waals surface area contributed by atoms with Gasteiger partial charge in [0, 0.05) is 13.6 Å². The smallest absolute Gasteiger partial charge is 0.260 e. The molecule has 0 aliphatic heterocycles. The molecular formula is C12H18N2O2. The number of carbonyl (C=O) groups excluding carboxylic acids is 1. The molecular weight excluding hydrogens is 204 g/mol. The number of amides is 1. The Balaban J connectivity index is 2.58. The number of likely N-dealkylation sites (N-methyl/N-ethyl adjacent to an activating group) is 1. The van der Waals surface area contributed by atoms with Crippen LogP contribution in [0.1, 0.15) is 12.5 Å². The predicted molar refractivity (Wildman–Crippen MR) is 63.4 cm³/mol. The second kappa shape index (κ2) is 6.12. The molecule has 1 atom stereocenters. The van der Waals surface area contributed by atoms with Gasteiger partial charge in [-0.2, -0.15) is 0 Å². The van der Waals surface area contributed by atoms with Gasteiger partial charge < -0.3 is 15.4 Å². The molecule has 0 spiro atoms. The van der Waals surface area contributed by atoms with Crippen LogP contribution in [0, 0.1) is 0 Å². The fraction of sp³-hybridized carbons (Fsp3) is 0.417. The summed E-state index contributed by atoms with van der Waals surface area (Å²) < 4.78 is 5.47. The Kier molecular flexibility index (Phi) is 4.79. The van der Waals surface area contributed by atoms with E-state index in [1.54, 1.807) is 14.0 Å². The Morgan fingerprint density at radius 3 is 2.44 bits per heavy atom. The van der Waals surface area contributed by atoms with Crippen LogP contribution in [-0.4, -0.2) is 26.1 Å². The van der Waals surface area contributed by atoms with Crippen molar-refractivity contribution in [3.05, 3.63) is 29.8 Å². The summed E-state index contributed by atoms with van der Waals surface area (Å²) in [6, 6.07) is 7.68. The second-order valence-electron chi connectivity index (χ2n) is 3.55. The first-order valence-corrected chi connectivity index (χ1v) is 5.29. The molecule has 0 aromatic heterocycles. The van der Waals surface area contributed by atoms with E-state index in [0.29, 0.717) is 5.75 Å². The van der Waals surface area contributed by atoms with Gasteiger partial charge in [-0.25, -0.2) is 0 Å². The third-order valence-corrected chi connectivity index (χ3v) is 2.23. The highest BCUT2D eigenvalue weighted by molar-refractivity contribution is 5.80. The zero-order valence-electron chi connectivity index (χ0n) is 9.91. The van der Waals surface area contributed by atoms with Crippen molar-refractivity contribution in [2.45, 2.75) is 19.6 Å². The summed E-state index contributed by atoms with van der Waals surface area (Å²) in [7, 11) is 3.50. The van der Waals surface area contributed by atoms with Gasteiger partial charge in [0.05, 0.1) is 0 Å². The van der Waals surface area contributed by atoms with Crippen LogP contribution < -0.4 is 15.4 Å². The monoisotopic (exact) mass is 222 g/mol. The minimum Gasteiger partial charge on any atom is -0.481 e. The Bertz CT molecular complexity index is 335. The van der Waals surface area contributed by atoms with Gasteiger partial charge in [-0.1, -0.05) is 12.1 Å². The maximum absolute atomic E-state index is 11.2. The molecule has 16 heavy (non-hydrogen) atoms. The fourth-order valence-corrected chi connectivity index (χ4v) is 1.35. The lowest BCUT2D eigenvalue weighted by molar-refractivity contribution is -0.126. The van der Waals surface area contributed by atoms with Crippen LogP contribution in [0.4, 0.5) is 0 Å². The largest absolute Gasteiger partial charge is 0.481 e. The zero-order chi connectivity index (χ0) is 12.0. The molecule has 0 aliphatic carbocycles. The van der Waals surface area contributed by atoms with Crippen LogP contribution in [-0.2, 0) is 11.3 Å². The lowest BCUT2D eigenvalue weighted by Crippen LogP contribution is -2.33. The summed E-state index contributed by atoms with van der Waals surface area (Å²) in [6.45, 7) is 2.55. The molecule has 1 amide bonds. The van der Waals surface area contributed by atoms with Gasteiger partial charge in [0.25, 0.3) is 5.91 Å². The van der Waals surface area contributed by atoms with Crippen LogP contribution in [0.5, 0.6) is 5.75 Å². The molecule has 0 bridgehead atoms. The minimum atomic E-state index is -0.472. The van der Waals surface area contributed by atoms with E-state index in [0.717, 1.165) is 6.54 Å². The molecule has 88 valence electrons. The molecule has 0 radical (unpaired) electrons. The van der Waals surface area contributed by atoms with E-state index in [1.165, 1.54) is 5.56 Å². The molecule has 2 N–H and O–H groups in total. The van der Waals surface area contributed by atoms with E-state index >= 15 is 0 Å². The van der Waals surface area contributed by atoms with Crippen LogP contribution in [0.15, 0.2) is 24.3 Å². The highest BCUT2D eigenvalue weighted by atomic mass is 16.5. The normalized spacial score (nSPS) is 11.9. The number of carbonyl (C=O) groups is 1. The van der Waals surface area contributed by atoms with Crippen molar-refractivity contribution in [1.82, 2.24) is 10.6 Å². The standard InChI is InChI=1S/C12H18N2O2/c1-9(12(15)14-3)16-11-6-4-10(5-7-11)8-13-2/h4-7,9,13H,8H2,1-3H3,(H,14,15). The molecule has 4 nitrogen and oxygen atoms in total. The first kappa shape index (κ1) is 12.5. The summed E-state index contributed by atoms with van der Waals surface area (Å²) in [4.78, 5) is 11.2. The van der Waals surface area contributed by atoms with E-state index in [4.69, 9.17) is 4.74 Å². The molecule has 1 unspecified atom stereocenters. The summed E-state index contributed by atoms with van der Waals surface area (Å²) in [5.41, 5.74) is 1.18. The number of hydrogen-bond acceptors (Lipinski definition) is 3. The van der Waals surface area contributed by atoms with Crippen LogP contribution in [0.2, 0.25) is 0 Å². The van der Waals surface area contributed by atoms with Gasteiger partial charge in [-0.15, -0.1) is 0 Å². The topological polar surface area (TPSA) is 50.4 Å². The molecule has 0 heterocycles. The Hall–Kier alpha value is -1.55. The number of ether oxygens (including phenoxy) is 1. The third kappa shape index (κ3) is 3.55. The van der Waals surface area contributed by atoms with Crippen molar-refractivity contribution in [3.8, 4) is 5.75 Å². The highest BCUT2D eigenvalue weighted by Crippen LogP contribution is 2.13. The van der Waals surface area contributed by atoms with Gasteiger partial charge in [0.2, 0.25) is 0 Å². The second-order valence-corrected chi connectivity index (χ2v) is 3.55. The zero-order valence-corrected chi connectivity index (χ0v) is 9.91. The van der Waals surface area contributed by atoms with Gasteiger partial charge in [0.1, 0.15) is 5.75 Å². The van der Waals surface area contributed by atoms with E-state index in [9.17, 15) is 4.79 Å². The van der Waals surface area contributed by atoms with Crippen molar-refractivity contribution in [2.24, 2.45) is 0 Å². The van der Waals surface area contributed by atoms with E-state index in [-0.39, 0.29) is 5.91 Å². The predicted octanol–water partition coefficient (Wildman–Crippen LogP) is 0.919. The van der Waals surface area contributed by atoms with Crippen molar-refractivity contribution >= 4 is 5.91 Å². The van der Waals surface area contributed by atoms with Crippen molar-refractivity contribution in [1.29, 1.82) is 0 Å². The molecule has 1 rings (SSSR count). The Morgan fingerprint density at radius 1 is 1.31 bits per heavy atom. The van der Waals surface area contributed by atoms with Gasteiger partial charge in [-0.05, 0) is 31.7 Å². The molecule has 0 saturated carbocycles. The van der Waals surface area contributed by atoms with Gasteiger partial charge >= 0.3 is 0 Å². The third-order valence-electron chi connectivity index (χ3n) is 2.23. The lowest BCUT2D eigenvalue weighted by Gasteiger charge is -2.13. The van der Waals surface area contributed by atoms with E-state index in [1.807, 2.05) is 31.3 Å². The average Bonchev–Trinajstić information content (AvgIpc) is 2.31. The summed E-state index contributed by atoms with van der Waals surface area (Å²) in [5.74, 6) is 0.579. The van der Waals surface area contributed by atoms with Crippen LogP contribution in [0.25, 0.3) is 0 Å². The lowest BCUT2D eigenvalue weighted by atomic mass is 10.2. The quantitative estimate of drug-likeness (QED) is 0.779. The Labute approximate surface area is 96.0 Å². The molecule has 0 aliphatic rings. The molecule has 4 heteroatoms. The number of benzene rings is 1. The van der Waals surface area contributed by atoms with Crippen molar-refractivity contribution < 1.29 is 9.53 Å². The van der Waals surface area contributed by atoms with Gasteiger partial charge in [-0.3, -0.25) is 4.79 Å². The number of hydrogen-bond donors (Lipinski definition) is 2. The molecule has 0 saturated heterocycles. The highest BCUT2D eigenvalue weighted by Gasteiger charge is 2.11. The summed E-state index contributed by atoms with van der Waals surface area (Å²) >= 11 is 0. The summed E-state index contributed by atoms with van der Waals surface area (Å²) in [5, 5.41) is 5.61. The average molecular weight is 222 g/mol. The van der Waals surface area contributed by atoms with Crippen LogP contribution >= 0.6 is 0 Å². The maximum Gasteiger partial charge on any atom is 0.260 e. The summed E-state index contributed by atoms with van der Waals surface area (Å²) in [6.07, 6.45) is -0.472. The Morgan fingerprint density at radius 2 is 1.94 bits per heavy atom.